The number of aliphatic hydroxyl groups is 4. The van der Waals surface area contributed by atoms with Crippen LogP contribution in [-0.2, 0) is 9.53 Å². The van der Waals surface area contributed by atoms with Crippen molar-refractivity contribution < 1.29 is 30.0 Å². The number of carbonyl (C=O) groups is 1. The summed E-state index contributed by atoms with van der Waals surface area (Å²) >= 11 is 0. The lowest BCUT2D eigenvalue weighted by atomic mass is 9.46. The molecule has 0 aromatic rings. The SMILES string of the molecule is C#C[C@]1(O)[C@H](O)C[C@H]2[C@@H]3[C@@H](OC(C)=O)C=C4[C@@H](O)[C@H](O)CC[C@]4(C)[C@H]3CC[C@@]21C. The van der Waals surface area contributed by atoms with Crippen molar-refractivity contribution in [3.8, 4) is 12.3 Å². The predicted molar refractivity (Wildman–Crippen MR) is 105 cm³/mol. The van der Waals surface area contributed by atoms with Crippen molar-refractivity contribution in [2.45, 2.75) is 82.9 Å². The summed E-state index contributed by atoms with van der Waals surface area (Å²) in [5.41, 5.74) is -1.88. The van der Waals surface area contributed by atoms with Gasteiger partial charge in [-0.15, -0.1) is 6.42 Å². The first kappa shape index (κ1) is 20.9. The fraction of sp³-hybridized carbons (Fsp3) is 0.783. The summed E-state index contributed by atoms with van der Waals surface area (Å²) in [6, 6.07) is 0. The molecule has 4 N–H and O–H groups in total. The van der Waals surface area contributed by atoms with Gasteiger partial charge in [0, 0.05) is 18.3 Å². The van der Waals surface area contributed by atoms with Crippen molar-refractivity contribution in [2.75, 3.05) is 0 Å². The first-order valence-corrected chi connectivity index (χ1v) is 10.6. The summed E-state index contributed by atoms with van der Waals surface area (Å²) in [5, 5.41) is 42.8. The normalized spacial score (nSPS) is 53.7. The lowest BCUT2D eigenvalue weighted by Gasteiger charge is -2.60. The van der Waals surface area contributed by atoms with E-state index in [-0.39, 0.29) is 23.2 Å². The topological polar surface area (TPSA) is 107 Å². The van der Waals surface area contributed by atoms with Gasteiger partial charge in [-0.3, -0.25) is 4.79 Å². The van der Waals surface area contributed by atoms with Gasteiger partial charge in [0.1, 0.15) is 12.2 Å². The maximum absolute atomic E-state index is 11.9. The molecule has 0 unspecified atom stereocenters. The molecular formula is C23H32O6. The van der Waals surface area contributed by atoms with Gasteiger partial charge in [0.25, 0.3) is 0 Å². The summed E-state index contributed by atoms with van der Waals surface area (Å²) in [4.78, 5) is 11.9. The van der Waals surface area contributed by atoms with Crippen LogP contribution in [-0.4, -0.2) is 56.4 Å². The van der Waals surface area contributed by atoms with E-state index in [0.717, 1.165) is 18.4 Å². The molecule has 0 heterocycles. The first-order chi connectivity index (χ1) is 13.5. The van der Waals surface area contributed by atoms with E-state index in [2.05, 4.69) is 12.8 Å². The Morgan fingerprint density at radius 2 is 1.90 bits per heavy atom. The second-order valence-corrected chi connectivity index (χ2v) is 10.1. The molecule has 0 spiro atoms. The van der Waals surface area contributed by atoms with Crippen LogP contribution in [0.3, 0.4) is 0 Å². The highest BCUT2D eigenvalue weighted by Gasteiger charge is 2.69. The lowest BCUT2D eigenvalue weighted by molar-refractivity contribution is -0.166. The third-order valence-electron chi connectivity index (χ3n) is 8.92. The minimum Gasteiger partial charge on any atom is -0.458 e. The van der Waals surface area contributed by atoms with Gasteiger partial charge in [-0.1, -0.05) is 19.8 Å². The average Bonchev–Trinajstić information content (AvgIpc) is 2.87. The van der Waals surface area contributed by atoms with Crippen molar-refractivity contribution >= 4 is 5.97 Å². The van der Waals surface area contributed by atoms with E-state index in [0.29, 0.717) is 19.3 Å². The predicted octanol–water partition coefficient (Wildman–Crippen LogP) is 1.16. The summed E-state index contributed by atoms with van der Waals surface area (Å²) in [6.07, 6.45) is 7.06. The highest BCUT2D eigenvalue weighted by molar-refractivity contribution is 5.66. The minimum atomic E-state index is -1.61. The lowest BCUT2D eigenvalue weighted by Crippen LogP contribution is -2.60. The highest BCUT2D eigenvalue weighted by Crippen LogP contribution is 2.67. The fourth-order valence-electron chi connectivity index (χ4n) is 7.26. The molecule has 29 heavy (non-hydrogen) atoms. The van der Waals surface area contributed by atoms with Crippen molar-refractivity contribution in [3.05, 3.63) is 11.6 Å². The smallest absolute Gasteiger partial charge is 0.303 e. The number of hydrogen-bond acceptors (Lipinski definition) is 6. The van der Waals surface area contributed by atoms with Gasteiger partial charge in [0.15, 0.2) is 5.60 Å². The molecule has 0 aromatic heterocycles. The highest BCUT2D eigenvalue weighted by atomic mass is 16.5. The van der Waals surface area contributed by atoms with Crippen molar-refractivity contribution in [1.82, 2.24) is 0 Å². The molecule has 4 aliphatic carbocycles. The van der Waals surface area contributed by atoms with Crippen LogP contribution in [0.1, 0.15) is 52.9 Å². The van der Waals surface area contributed by atoms with Crippen LogP contribution >= 0.6 is 0 Å². The third-order valence-corrected chi connectivity index (χ3v) is 8.92. The Bertz CT molecular complexity index is 785. The number of esters is 1. The molecule has 4 rings (SSSR count). The van der Waals surface area contributed by atoms with Gasteiger partial charge >= 0.3 is 5.97 Å². The molecule has 0 amide bonds. The van der Waals surface area contributed by atoms with E-state index in [9.17, 15) is 25.2 Å². The Morgan fingerprint density at radius 3 is 2.52 bits per heavy atom. The Kier molecular flexibility index (Phi) is 4.71. The van der Waals surface area contributed by atoms with E-state index in [1.54, 1.807) is 0 Å². The van der Waals surface area contributed by atoms with Gasteiger partial charge < -0.3 is 25.2 Å². The molecule has 0 aromatic carbocycles. The number of hydrogen-bond donors (Lipinski definition) is 4. The maximum atomic E-state index is 11.9. The van der Waals surface area contributed by atoms with Crippen LogP contribution in [0.2, 0.25) is 0 Å². The summed E-state index contributed by atoms with van der Waals surface area (Å²) in [7, 11) is 0. The van der Waals surface area contributed by atoms with E-state index < -0.39 is 41.4 Å². The van der Waals surface area contributed by atoms with E-state index in [1.807, 2.05) is 13.0 Å². The molecule has 10 atom stereocenters. The second kappa shape index (κ2) is 6.55. The first-order valence-electron chi connectivity index (χ1n) is 10.6. The number of ether oxygens (including phenoxy) is 1. The van der Waals surface area contributed by atoms with Gasteiger partial charge in [0.2, 0.25) is 0 Å². The quantitative estimate of drug-likeness (QED) is 0.297. The zero-order valence-electron chi connectivity index (χ0n) is 17.3. The molecule has 3 saturated carbocycles. The van der Waals surface area contributed by atoms with Gasteiger partial charge in [-0.25, -0.2) is 0 Å². The van der Waals surface area contributed by atoms with Crippen LogP contribution in [0.4, 0.5) is 0 Å². The molecule has 6 nitrogen and oxygen atoms in total. The zero-order chi connectivity index (χ0) is 21.4. The molecule has 0 radical (unpaired) electrons. The Balaban J connectivity index is 1.83. The Hall–Kier alpha value is -1.39. The molecule has 3 fully saturated rings. The van der Waals surface area contributed by atoms with E-state index in [4.69, 9.17) is 11.2 Å². The molecular weight excluding hydrogens is 372 g/mol. The molecule has 0 bridgehead atoms. The number of aliphatic hydroxyl groups excluding tert-OH is 3. The minimum absolute atomic E-state index is 0.0967. The van der Waals surface area contributed by atoms with Gasteiger partial charge in [0.05, 0.1) is 12.2 Å². The van der Waals surface area contributed by atoms with Crippen LogP contribution in [0.5, 0.6) is 0 Å². The molecule has 160 valence electrons. The monoisotopic (exact) mass is 404 g/mol. The van der Waals surface area contributed by atoms with E-state index >= 15 is 0 Å². The van der Waals surface area contributed by atoms with Crippen LogP contribution in [0.25, 0.3) is 0 Å². The van der Waals surface area contributed by atoms with Crippen molar-refractivity contribution in [2.24, 2.45) is 28.6 Å². The second-order valence-electron chi connectivity index (χ2n) is 10.1. The molecule has 0 aliphatic heterocycles. The van der Waals surface area contributed by atoms with E-state index in [1.165, 1.54) is 6.92 Å². The molecule has 4 aliphatic rings. The number of terminal acetylenes is 1. The van der Waals surface area contributed by atoms with Crippen LogP contribution < -0.4 is 0 Å². The fourth-order valence-corrected chi connectivity index (χ4v) is 7.26. The van der Waals surface area contributed by atoms with Crippen molar-refractivity contribution in [3.63, 3.8) is 0 Å². The Labute approximate surface area is 172 Å². The summed E-state index contributed by atoms with van der Waals surface area (Å²) < 4.78 is 5.71. The number of carbonyl (C=O) groups excluding carboxylic acids is 1. The van der Waals surface area contributed by atoms with Crippen LogP contribution in [0, 0.1) is 40.9 Å². The van der Waals surface area contributed by atoms with Gasteiger partial charge in [-0.05, 0) is 61.0 Å². The summed E-state index contributed by atoms with van der Waals surface area (Å²) in [6.45, 7) is 5.42. The Morgan fingerprint density at radius 1 is 1.21 bits per heavy atom. The maximum Gasteiger partial charge on any atom is 0.303 e. The van der Waals surface area contributed by atoms with Crippen LogP contribution in [0.15, 0.2) is 11.6 Å². The third kappa shape index (κ3) is 2.61. The molecule has 0 saturated heterocycles. The number of fused-ring (bicyclic) bond motifs is 5. The largest absolute Gasteiger partial charge is 0.458 e. The van der Waals surface area contributed by atoms with Crippen molar-refractivity contribution in [1.29, 1.82) is 0 Å². The number of rotatable bonds is 1. The molecule has 6 heteroatoms. The average molecular weight is 405 g/mol. The zero-order valence-corrected chi connectivity index (χ0v) is 17.3. The standard InChI is InChI=1S/C23H32O6/c1-5-23(28)18(26)11-14-19-13(6-9-22(14,23)4)21(3)8-7-16(25)20(27)15(21)10-17(19)29-12(2)24/h1,10,13-14,16-20,25-28H,6-9,11H2,2-4H3/t13-,14-,16+,17-,18+,19+,20+,21+,22-,23-/m0/s1. The van der Waals surface area contributed by atoms with Gasteiger partial charge in [-0.2, -0.15) is 0 Å². The summed E-state index contributed by atoms with van der Waals surface area (Å²) in [5.74, 6) is 1.90.